The summed E-state index contributed by atoms with van der Waals surface area (Å²) in [5.74, 6) is -0.329. The van der Waals surface area contributed by atoms with Gasteiger partial charge in [-0.2, -0.15) is 0 Å². The predicted octanol–water partition coefficient (Wildman–Crippen LogP) is 3.17. The van der Waals surface area contributed by atoms with Crippen molar-refractivity contribution in [2.75, 3.05) is 38.7 Å². The highest BCUT2D eigenvalue weighted by molar-refractivity contribution is 7.89. The molecule has 2 aliphatic heterocycles. The molecule has 0 aliphatic carbocycles. The molecule has 0 spiro atoms. The Morgan fingerprint density at radius 1 is 1.11 bits per heavy atom. The van der Waals surface area contributed by atoms with Gasteiger partial charge in [-0.1, -0.05) is 12.1 Å². The predicted molar refractivity (Wildman–Crippen MR) is 142 cm³/mol. The number of ether oxygens (including phenoxy) is 1. The average Bonchev–Trinajstić information content (AvgIpc) is 3.37. The van der Waals surface area contributed by atoms with E-state index in [0.717, 1.165) is 28.1 Å². The minimum atomic E-state index is -3.66. The molecule has 9 nitrogen and oxygen atoms in total. The molecule has 10 heteroatoms. The first-order chi connectivity index (χ1) is 17.7. The lowest BCUT2D eigenvalue weighted by molar-refractivity contribution is -0.110. The molecule has 1 fully saturated rings. The number of amides is 2. The van der Waals surface area contributed by atoms with Crippen LogP contribution in [0.4, 0.5) is 5.69 Å². The molecule has 2 amide bonds. The van der Waals surface area contributed by atoms with Crippen LogP contribution in [0.2, 0.25) is 0 Å². The first-order valence-corrected chi connectivity index (χ1v) is 13.5. The third-order valence-electron chi connectivity index (χ3n) is 6.81. The van der Waals surface area contributed by atoms with Crippen molar-refractivity contribution in [2.24, 2.45) is 0 Å². The van der Waals surface area contributed by atoms with Crippen molar-refractivity contribution in [1.82, 2.24) is 14.6 Å². The summed E-state index contributed by atoms with van der Waals surface area (Å²) in [4.78, 5) is 31.1. The van der Waals surface area contributed by atoms with Gasteiger partial charge in [-0.25, -0.2) is 13.1 Å². The molecule has 1 saturated heterocycles. The number of sulfonamides is 1. The SMILES string of the molecule is CNS(=O)(=O)c1ccc2c(c1)/C(=C/c1[nH]c(C)c(-c3cccc(C(=O)N4CCOCC4)c3)c1C)C(=O)N2. The van der Waals surface area contributed by atoms with Crippen LogP contribution in [0, 0.1) is 13.8 Å². The van der Waals surface area contributed by atoms with Gasteiger partial charge in [0, 0.05) is 46.9 Å². The summed E-state index contributed by atoms with van der Waals surface area (Å²) in [6, 6.07) is 12.1. The summed E-state index contributed by atoms with van der Waals surface area (Å²) in [5, 5.41) is 2.80. The standard InChI is InChI=1S/C27H28N4O5S/c1-16-24(15-22-21-14-20(37(34,35)28-3)7-8-23(21)30-26(22)32)29-17(2)25(16)18-5-4-6-19(13-18)27(33)31-9-11-36-12-10-31/h4-8,13-15,28-29H,9-12H2,1-3H3,(H,30,32)/b22-15-. The van der Waals surface area contributed by atoms with Crippen LogP contribution in [-0.4, -0.2) is 63.5 Å². The number of fused-ring (bicyclic) bond motifs is 1. The molecule has 0 radical (unpaired) electrons. The number of nitrogens with one attached hydrogen (secondary N) is 3. The summed E-state index contributed by atoms with van der Waals surface area (Å²) < 4.78 is 32.3. The fraction of sp³-hybridized carbons (Fsp3) is 0.259. The van der Waals surface area contributed by atoms with Crippen LogP contribution < -0.4 is 10.0 Å². The maximum absolute atomic E-state index is 13.0. The zero-order valence-corrected chi connectivity index (χ0v) is 21.7. The lowest BCUT2D eigenvalue weighted by Gasteiger charge is -2.27. The largest absolute Gasteiger partial charge is 0.378 e. The minimum Gasteiger partial charge on any atom is -0.378 e. The first-order valence-electron chi connectivity index (χ1n) is 12.0. The van der Waals surface area contributed by atoms with E-state index in [0.29, 0.717) is 48.7 Å². The zero-order chi connectivity index (χ0) is 26.3. The normalized spacial score (nSPS) is 16.7. The highest BCUT2D eigenvalue weighted by Gasteiger charge is 2.27. The highest BCUT2D eigenvalue weighted by Crippen LogP contribution is 2.37. The van der Waals surface area contributed by atoms with Crippen molar-refractivity contribution in [1.29, 1.82) is 0 Å². The molecule has 5 rings (SSSR count). The molecule has 0 saturated carbocycles. The lowest BCUT2D eigenvalue weighted by Crippen LogP contribution is -2.40. The Hall–Kier alpha value is -3.73. The van der Waals surface area contributed by atoms with Crippen molar-refractivity contribution < 1.29 is 22.7 Å². The Bertz CT molecular complexity index is 1550. The molecule has 0 unspecified atom stereocenters. The van der Waals surface area contributed by atoms with Gasteiger partial charge in [-0.3, -0.25) is 9.59 Å². The Labute approximate surface area is 215 Å². The first kappa shape index (κ1) is 24.9. The topological polar surface area (TPSA) is 121 Å². The van der Waals surface area contributed by atoms with Crippen molar-refractivity contribution >= 4 is 39.2 Å². The third-order valence-corrected chi connectivity index (χ3v) is 8.23. The van der Waals surface area contributed by atoms with E-state index in [1.54, 1.807) is 17.0 Å². The number of nitrogens with zero attached hydrogens (tertiary/aromatic N) is 1. The number of anilines is 1. The van der Waals surface area contributed by atoms with Gasteiger partial charge in [-0.05, 0) is 68.4 Å². The molecule has 192 valence electrons. The Balaban J connectivity index is 1.52. The van der Waals surface area contributed by atoms with E-state index < -0.39 is 10.0 Å². The molecule has 3 N–H and O–H groups in total. The lowest BCUT2D eigenvalue weighted by atomic mass is 9.98. The van der Waals surface area contributed by atoms with Gasteiger partial charge >= 0.3 is 0 Å². The van der Waals surface area contributed by atoms with Gasteiger partial charge in [0.2, 0.25) is 10.0 Å². The zero-order valence-electron chi connectivity index (χ0n) is 20.8. The number of morpholine rings is 1. The van der Waals surface area contributed by atoms with E-state index in [9.17, 15) is 18.0 Å². The number of benzene rings is 2. The van der Waals surface area contributed by atoms with Crippen LogP contribution >= 0.6 is 0 Å². The second kappa shape index (κ2) is 9.62. The summed E-state index contributed by atoms with van der Waals surface area (Å²) in [7, 11) is -2.32. The number of carbonyl (C=O) groups excluding carboxylic acids is 2. The van der Waals surface area contributed by atoms with Crippen molar-refractivity contribution in [3.05, 3.63) is 70.5 Å². The quantitative estimate of drug-likeness (QED) is 0.447. The number of H-pyrrole nitrogens is 1. The summed E-state index contributed by atoms with van der Waals surface area (Å²) >= 11 is 0. The third kappa shape index (κ3) is 4.59. The van der Waals surface area contributed by atoms with Gasteiger partial charge in [0.1, 0.15) is 0 Å². The molecule has 3 aromatic rings. The second-order valence-corrected chi connectivity index (χ2v) is 11.0. The van der Waals surface area contributed by atoms with E-state index in [4.69, 9.17) is 4.74 Å². The number of aromatic amines is 1. The van der Waals surface area contributed by atoms with Crippen LogP contribution in [0.15, 0.2) is 47.4 Å². The van der Waals surface area contributed by atoms with Gasteiger partial charge in [0.15, 0.2) is 0 Å². The maximum atomic E-state index is 13.0. The molecule has 3 heterocycles. The van der Waals surface area contributed by atoms with Gasteiger partial charge in [-0.15, -0.1) is 0 Å². The molecule has 2 aliphatic rings. The maximum Gasteiger partial charge on any atom is 0.256 e. The highest BCUT2D eigenvalue weighted by atomic mass is 32.2. The number of hydrogen-bond donors (Lipinski definition) is 3. The van der Waals surface area contributed by atoms with E-state index in [1.807, 2.05) is 38.1 Å². The fourth-order valence-electron chi connectivity index (χ4n) is 4.85. The smallest absolute Gasteiger partial charge is 0.256 e. The Morgan fingerprint density at radius 3 is 2.59 bits per heavy atom. The van der Waals surface area contributed by atoms with Crippen LogP contribution in [0.1, 0.15) is 32.9 Å². The van der Waals surface area contributed by atoms with E-state index >= 15 is 0 Å². The van der Waals surface area contributed by atoms with Crippen LogP contribution in [0.5, 0.6) is 0 Å². The van der Waals surface area contributed by atoms with Crippen LogP contribution in [0.25, 0.3) is 22.8 Å². The fourth-order valence-corrected chi connectivity index (χ4v) is 5.60. The van der Waals surface area contributed by atoms with Gasteiger partial charge in [0.25, 0.3) is 11.8 Å². The molecule has 0 atom stereocenters. The molecule has 0 bridgehead atoms. The number of carbonyl (C=O) groups is 2. The molecule has 1 aromatic heterocycles. The summed E-state index contributed by atoms with van der Waals surface area (Å²) in [6.07, 6.45) is 1.74. The summed E-state index contributed by atoms with van der Waals surface area (Å²) in [5.41, 5.74) is 6.46. The number of aromatic nitrogens is 1. The monoisotopic (exact) mass is 520 g/mol. The molecule has 2 aromatic carbocycles. The van der Waals surface area contributed by atoms with Gasteiger partial charge < -0.3 is 19.9 Å². The van der Waals surface area contributed by atoms with E-state index in [2.05, 4.69) is 15.0 Å². The summed E-state index contributed by atoms with van der Waals surface area (Å²) in [6.45, 7) is 6.13. The average molecular weight is 521 g/mol. The van der Waals surface area contributed by atoms with Crippen molar-refractivity contribution in [3.63, 3.8) is 0 Å². The van der Waals surface area contributed by atoms with E-state index in [-0.39, 0.29) is 16.7 Å². The number of rotatable bonds is 5. The van der Waals surface area contributed by atoms with Crippen LogP contribution in [-0.2, 0) is 19.6 Å². The molecular formula is C27H28N4O5S. The minimum absolute atomic E-state index is 0.0232. The number of hydrogen-bond acceptors (Lipinski definition) is 5. The van der Waals surface area contributed by atoms with Crippen LogP contribution in [0.3, 0.4) is 0 Å². The van der Waals surface area contributed by atoms with Gasteiger partial charge in [0.05, 0.1) is 23.7 Å². The Kier molecular flexibility index (Phi) is 6.49. The van der Waals surface area contributed by atoms with Crippen molar-refractivity contribution in [2.45, 2.75) is 18.7 Å². The van der Waals surface area contributed by atoms with Crippen molar-refractivity contribution in [3.8, 4) is 11.1 Å². The Morgan fingerprint density at radius 2 is 1.86 bits per heavy atom. The number of aryl methyl sites for hydroxylation is 1. The second-order valence-electron chi connectivity index (χ2n) is 9.08. The molecule has 37 heavy (non-hydrogen) atoms. The van der Waals surface area contributed by atoms with E-state index in [1.165, 1.54) is 19.2 Å². The molecular weight excluding hydrogens is 492 g/mol.